The number of halogens is 2. The van der Waals surface area contributed by atoms with Crippen LogP contribution in [-0.4, -0.2) is 45.0 Å². The number of aryl methyl sites for hydroxylation is 1. The van der Waals surface area contributed by atoms with Gasteiger partial charge in [0, 0.05) is 54.8 Å². The zero-order valence-corrected chi connectivity index (χ0v) is 20.0. The Morgan fingerprint density at radius 2 is 1.94 bits per heavy atom. The van der Waals surface area contributed by atoms with E-state index in [1.54, 1.807) is 43.3 Å². The summed E-state index contributed by atoms with van der Waals surface area (Å²) in [6.45, 7) is 2.01. The van der Waals surface area contributed by atoms with Gasteiger partial charge in [-0.1, -0.05) is 29.8 Å². The van der Waals surface area contributed by atoms with Crippen LogP contribution in [-0.2, 0) is 13.0 Å². The SMILES string of the molecule is Cc1cc(CN(C)C(=O)c2ccc(C[C@@H]3CC[C@H]([C@H](O)c4ccc(Cl)nc4)N3)cc2)cnc1F. The molecule has 4 rings (SSSR count). The Morgan fingerprint density at radius 3 is 2.62 bits per heavy atom. The number of benzene rings is 1. The summed E-state index contributed by atoms with van der Waals surface area (Å²) in [5.74, 6) is -0.597. The van der Waals surface area contributed by atoms with Crippen LogP contribution >= 0.6 is 11.6 Å². The molecule has 0 unspecified atom stereocenters. The molecule has 0 spiro atoms. The normalized spacial score (nSPS) is 18.6. The second kappa shape index (κ2) is 10.6. The number of hydrogen-bond donors (Lipinski definition) is 2. The van der Waals surface area contributed by atoms with Crippen molar-refractivity contribution in [2.24, 2.45) is 0 Å². The van der Waals surface area contributed by atoms with E-state index in [2.05, 4.69) is 15.3 Å². The highest BCUT2D eigenvalue weighted by molar-refractivity contribution is 6.29. The lowest BCUT2D eigenvalue weighted by atomic mass is 10.0. The minimum absolute atomic E-state index is 0.0351. The van der Waals surface area contributed by atoms with Crippen LogP contribution in [0.3, 0.4) is 0 Å². The summed E-state index contributed by atoms with van der Waals surface area (Å²) in [5, 5.41) is 14.6. The molecule has 1 aliphatic rings. The molecule has 2 N–H and O–H groups in total. The van der Waals surface area contributed by atoms with Crippen LogP contribution in [0.4, 0.5) is 4.39 Å². The van der Waals surface area contributed by atoms with Crippen LogP contribution in [0.1, 0.15) is 51.6 Å². The number of rotatable bonds is 7. The van der Waals surface area contributed by atoms with Crippen molar-refractivity contribution in [3.63, 3.8) is 0 Å². The van der Waals surface area contributed by atoms with Crippen LogP contribution in [0.15, 0.2) is 54.9 Å². The first-order valence-electron chi connectivity index (χ1n) is 11.3. The average molecular weight is 483 g/mol. The molecular formula is C26H28ClFN4O2. The Labute approximate surface area is 203 Å². The number of amides is 1. The second-order valence-corrected chi connectivity index (χ2v) is 9.31. The van der Waals surface area contributed by atoms with Gasteiger partial charge in [-0.2, -0.15) is 4.39 Å². The van der Waals surface area contributed by atoms with Gasteiger partial charge < -0.3 is 15.3 Å². The molecule has 1 fully saturated rings. The summed E-state index contributed by atoms with van der Waals surface area (Å²) in [5.41, 5.74) is 3.72. The summed E-state index contributed by atoms with van der Waals surface area (Å²) in [6.07, 6.45) is 5.07. The number of pyridine rings is 2. The summed E-state index contributed by atoms with van der Waals surface area (Å²) in [6, 6.07) is 13.0. The summed E-state index contributed by atoms with van der Waals surface area (Å²) >= 11 is 5.84. The monoisotopic (exact) mass is 482 g/mol. The highest BCUT2D eigenvalue weighted by Crippen LogP contribution is 2.27. The van der Waals surface area contributed by atoms with Gasteiger partial charge in [0.25, 0.3) is 5.91 Å². The van der Waals surface area contributed by atoms with E-state index >= 15 is 0 Å². The Bertz CT molecular complexity index is 1140. The van der Waals surface area contributed by atoms with Crippen molar-refractivity contribution < 1.29 is 14.3 Å². The minimum atomic E-state index is -0.634. The molecule has 3 atom stereocenters. The highest BCUT2D eigenvalue weighted by Gasteiger charge is 2.30. The molecule has 6 nitrogen and oxygen atoms in total. The molecule has 2 aromatic heterocycles. The summed E-state index contributed by atoms with van der Waals surface area (Å²) in [4.78, 5) is 22.2. The van der Waals surface area contributed by atoms with Gasteiger partial charge in [-0.15, -0.1) is 0 Å². The summed E-state index contributed by atoms with van der Waals surface area (Å²) in [7, 11) is 1.72. The van der Waals surface area contributed by atoms with Crippen molar-refractivity contribution >= 4 is 17.5 Å². The summed E-state index contributed by atoms with van der Waals surface area (Å²) < 4.78 is 13.4. The van der Waals surface area contributed by atoms with Gasteiger partial charge in [0.05, 0.1) is 6.10 Å². The number of aliphatic hydroxyl groups excluding tert-OH is 1. The van der Waals surface area contributed by atoms with Crippen molar-refractivity contribution in [2.45, 2.75) is 50.9 Å². The van der Waals surface area contributed by atoms with E-state index in [0.717, 1.165) is 36.0 Å². The third kappa shape index (κ3) is 5.78. The first-order chi connectivity index (χ1) is 16.3. The molecule has 34 heavy (non-hydrogen) atoms. The fraction of sp³-hybridized carbons (Fsp3) is 0.346. The quantitative estimate of drug-likeness (QED) is 0.492. The molecule has 178 valence electrons. The largest absolute Gasteiger partial charge is 0.387 e. The molecule has 0 saturated carbocycles. The maximum Gasteiger partial charge on any atom is 0.253 e. The number of aromatic nitrogens is 2. The van der Waals surface area contributed by atoms with Gasteiger partial charge in [-0.05, 0) is 61.6 Å². The van der Waals surface area contributed by atoms with Gasteiger partial charge in [0.15, 0.2) is 0 Å². The topological polar surface area (TPSA) is 78.4 Å². The lowest BCUT2D eigenvalue weighted by Crippen LogP contribution is -2.35. The number of carbonyl (C=O) groups excluding carboxylic acids is 1. The van der Waals surface area contributed by atoms with Crippen LogP contribution in [0.25, 0.3) is 0 Å². The van der Waals surface area contributed by atoms with Crippen molar-refractivity contribution in [1.29, 1.82) is 0 Å². The van der Waals surface area contributed by atoms with Crippen LogP contribution < -0.4 is 5.32 Å². The number of nitrogens with one attached hydrogen (secondary N) is 1. The maximum atomic E-state index is 13.4. The smallest absolute Gasteiger partial charge is 0.253 e. The van der Waals surface area contributed by atoms with E-state index in [0.29, 0.717) is 22.8 Å². The van der Waals surface area contributed by atoms with Gasteiger partial charge in [0.1, 0.15) is 5.15 Å². The molecule has 0 aliphatic carbocycles. The van der Waals surface area contributed by atoms with E-state index < -0.39 is 12.1 Å². The van der Waals surface area contributed by atoms with Crippen molar-refractivity contribution in [3.05, 3.63) is 93.8 Å². The molecule has 3 heterocycles. The Morgan fingerprint density at radius 1 is 1.18 bits per heavy atom. The highest BCUT2D eigenvalue weighted by atomic mass is 35.5. The standard InChI is InChI=1S/C26H28ClFN4O2/c1-16-11-18(13-30-25(16)28)15-32(2)26(34)19-5-3-17(4-6-19)12-21-8-9-22(31-21)24(33)20-7-10-23(27)29-14-20/h3-7,10-11,13-14,21-22,24,31,33H,8-9,12,15H2,1-2H3/t21-,22+,24+/m0/s1. The zero-order valence-electron chi connectivity index (χ0n) is 19.2. The Kier molecular flexibility index (Phi) is 7.56. The van der Waals surface area contributed by atoms with E-state index in [1.807, 2.05) is 24.3 Å². The number of nitrogens with zero attached hydrogens (tertiary/aromatic N) is 3. The lowest BCUT2D eigenvalue weighted by Gasteiger charge is -2.20. The zero-order chi connectivity index (χ0) is 24.2. The predicted molar refractivity (Wildman–Crippen MR) is 129 cm³/mol. The van der Waals surface area contributed by atoms with Gasteiger partial charge in [-0.25, -0.2) is 9.97 Å². The molecule has 1 aromatic carbocycles. The third-order valence-electron chi connectivity index (χ3n) is 6.27. The molecule has 8 heteroatoms. The van der Waals surface area contributed by atoms with Crippen molar-refractivity contribution in [2.75, 3.05) is 7.05 Å². The molecule has 1 aliphatic heterocycles. The van der Waals surface area contributed by atoms with E-state index in [1.165, 1.54) is 6.20 Å². The number of aliphatic hydroxyl groups is 1. The fourth-order valence-corrected chi connectivity index (χ4v) is 4.50. The second-order valence-electron chi connectivity index (χ2n) is 8.92. The van der Waals surface area contributed by atoms with E-state index in [9.17, 15) is 14.3 Å². The Hall–Kier alpha value is -2.87. The molecular weight excluding hydrogens is 455 g/mol. The third-order valence-corrected chi connectivity index (χ3v) is 6.49. The van der Waals surface area contributed by atoms with Crippen LogP contribution in [0, 0.1) is 12.9 Å². The molecule has 0 radical (unpaired) electrons. The van der Waals surface area contributed by atoms with Crippen LogP contribution in [0.2, 0.25) is 5.15 Å². The number of carbonyl (C=O) groups is 1. The minimum Gasteiger partial charge on any atom is -0.387 e. The maximum absolute atomic E-state index is 13.4. The van der Waals surface area contributed by atoms with E-state index in [4.69, 9.17) is 11.6 Å². The molecule has 0 bridgehead atoms. The van der Waals surface area contributed by atoms with Gasteiger partial charge >= 0.3 is 0 Å². The van der Waals surface area contributed by atoms with Gasteiger partial charge in [0.2, 0.25) is 5.95 Å². The number of hydrogen-bond acceptors (Lipinski definition) is 5. The van der Waals surface area contributed by atoms with Gasteiger partial charge in [-0.3, -0.25) is 4.79 Å². The average Bonchev–Trinajstić information content (AvgIpc) is 3.30. The fourth-order valence-electron chi connectivity index (χ4n) is 4.39. The van der Waals surface area contributed by atoms with Crippen molar-refractivity contribution in [1.82, 2.24) is 20.2 Å². The first-order valence-corrected chi connectivity index (χ1v) is 11.7. The molecule has 3 aromatic rings. The first kappa shape index (κ1) is 24.3. The predicted octanol–water partition coefficient (Wildman–Crippen LogP) is 4.25. The van der Waals surface area contributed by atoms with Crippen LogP contribution in [0.5, 0.6) is 0 Å². The Balaban J connectivity index is 1.31. The molecule has 1 amide bonds. The molecule has 1 saturated heterocycles. The lowest BCUT2D eigenvalue weighted by molar-refractivity contribution is 0.0785. The van der Waals surface area contributed by atoms with E-state index in [-0.39, 0.29) is 18.0 Å². The van der Waals surface area contributed by atoms with Crippen molar-refractivity contribution in [3.8, 4) is 0 Å².